The van der Waals surface area contributed by atoms with Crippen LogP contribution in [0, 0.1) is 11.6 Å². The lowest BCUT2D eigenvalue weighted by molar-refractivity contribution is 0.0760. The maximum atomic E-state index is 15.0. The minimum Gasteiger partial charge on any atom is -0.388 e. The highest BCUT2D eigenvalue weighted by Crippen LogP contribution is 2.39. The zero-order valence-electron chi connectivity index (χ0n) is 18.3. The number of aliphatic imine (C=N–C) groups is 1. The summed E-state index contributed by atoms with van der Waals surface area (Å²) in [7, 11) is 0. The zero-order valence-corrected chi connectivity index (χ0v) is 18.3. The number of hydrogen-bond donors (Lipinski definition) is 2. The van der Waals surface area contributed by atoms with Crippen molar-refractivity contribution in [3.63, 3.8) is 0 Å². The van der Waals surface area contributed by atoms with Crippen molar-refractivity contribution < 1.29 is 18.7 Å². The topological polar surface area (TPSA) is 74.6 Å². The Balaban J connectivity index is 1.42. The number of halogens is 2. The molecule has 5 rings (SSSR count). The second-order valence-electron chi connectivity index (χ2n) is 8.70. The van der Waals surface area contributed by atoms with Crippen LogP contribution in [-0.4, -0.2) is 39.9 Å². The van der Waals surface area contributed by atoms with E-state index in [1.807, 2.05) is 12.1 Å². The Morgan fingerprint density at radius 2 is 1.85 bits per heavy atom. The molecule has 2 N–H and O–H groups in total. The molecular formula is C27H23F2N3O2. The van der Waals surface area contributed by atoms with Gasteiger partial charge in [-0.25, -0.2) is 8.78 Å². The van der Waals surface area contributed by atoms with Gasteiger partial charge in [0.1, 0.15) is 11.6 Å². The number of carbonyl (C=O) groups is 1. The van der Waals surface area contributed by atoms with Crippen molar-refractivity contribution in [3.8, 4) is 0 Å². The van der Waals surface area contributed by atoms with Crippen LogP contribution in [0.4, 0.5) is 8.78 Å². The molecule has 0 radical (unpaired) electrons. The summed E-state index contributed by atoms with van der Waals surface area (Å²) in [5.74, 6) is -1.38. The molecular weight excluding hydrogens is 436 g/mol. The van der Waals surface area contributed by atoms with Crippen molar-refractivity contribution in [2.45, 2.75) is 30.9 Å². The molecule has 1 atom stereocenters. The third-order valence-corrected chi connectivity index (χ3v) is 6.32. The number of carbonyl (C=O) groups excluding carboxylic acids is 1. The second-order valence-corrected chi connectivity index (χ2v) is 8.70. The van der Waals surface area contributed by atoms with E-state index in [0.29, 0.717) is 31.5 Å². The molecule has 5 nitrogen and oxygen atoms in total. The average molecular weight is 459 g/mol. The van der Waals surface area contributed by atoms with Crippen molar-refractivity contribution in [2.75, 3.05) is 6.54 Å². The number of aromatic nitrogens is 1. The smallest absolute Gasteiger partial charge is 0.252 e. The van der Waals surface area contributed by atoms with Crippen LogP contribution >= 0.6 is 0 Å². The van der Waals surface area contributed by atoms with Gasteiger partial charge in [-0.3, -0.25) is 14.8 Å². The summed E-state index contributed by atoms with van der Waals surface area (Å²) in [6.45, 7) is 0.304. The number of aliphatic hydroxyl groups is 1. The molecule has 2 aromatic carbocycles. The molecule has 0 spiro atoms. The SMILES string of the molecule is O=C(N[C@@H](Cc1ccccn1)C1(O)CC1)c1cccc(F)c1C1=NCC(c2ccc(F)cc2)=C1. The highest BCUT2D eigenvalue weighted by atomic mass is 19.1. The van der Waals surface area contributed by atoms with Crippen LogP contribution in [0.1, 0.15) is 40.0 Å². The molecule has 0 bridgehead atoms. The van der Waals surface area contributed by atoms with Gasteiger partial charge in [0, 0.05) is 23.9 Å². The van der Waals surface area contributed by atoms with Crippen LogP contribution < -0.4 is 5.32 Å². The summed E-state index contributed by atoms with van der Waals surface area (Å²) < 4.78 is 28.3. The number of amides is 1. The van der Waals surface area contributed by atoms with Crippen LogP contribution in [0.5, 0.6) is 0 Å². The molecule has 1 amide bonds. The number of nitrogens with one attached hydrogen (secondary N) is 1. The van der Waals surface area contributed by atoms with Crippen molar-refractivity contribution in [1.82, 2.24) is 10.3 Å². The van der Waals surface area contributed by atoms with Gasteiger partial charge in [-0.1, -0.05) is 24.3 Å². The summed E-state index contributed by atoms with van der Waals surface area (Å²) in [5, 5.41) is 13.7. The lowest BCUT2D eigenvalue weighted by Gasteiger charge is -2.24. The van der Waals surface area contributed by atoms with Crippen LogP contribution in [0.3, 0.4) is 0 Å². The molecule has 1 aliphatic heterocycles. The molecule has 7 heteroatoms. The van der Waals surface area contributed by atoms with E-state index in [4.69, 9.17) is 0 Å². The minimum absolute atomic E-state index is 0.108. The number of nitrogens with zero attached hydrogens (tertiary/aromatic N) is 2. The highest BCUT2D eigenvalue weighted by Gasteiger charge is 2.48. The van der Waals surface area contributed by atoms with Crippen LogP contribution in [0.2, 0.25) is 0 Å². The Morgan fingerprint density at radius 3 is 2.56 bits per heavy atom. The third kappa shape index (κ3) is 4.52. The van der Waals surface area contributed by atoms with Gasteiger partial charge in [-0.2, -0.15) is 0 Å². The quantitative estimate of drug-likeness (QED) is 0.558. The van der Waals surface area contributed by atoms with Gasteiger partial charge in [0.05, 0.1) is 29.5 Å². The fourth-order valence-corrected chi connectivity index (χ4v) is 4.21. The number of hydrogen-bond acceptors (Lipinski definition) is 4. The maximum absolute atomic E-state index is 15.0. The van der Waals surface area contributed by atoms with Crippen LogP contribution in [-0.2, 0) is 6.42 Å². The molecule has 2 aliphatic rings. The normalized spacial score (nSPS) is 17.0. The number of rotatable bonds is 7. The minimum atomic E-state index is -0.999. The van der Waals surface area contributed by atoms with E-state index in [-0.39, 0.29) is 16.9 Å². The first-order valence-electron chi connectivity index (χ1n) is 11.2. The van der Waals surface area contributed by atoms with Crippen LogP contribution in [0.15, 0.2) is 77.9 Å². The van der Waals surface area contributed by atoms with Crippen molar-refractivity contribution >= 4 is 17.2 Å². The summed E-state index contributed by atoms with van der Waals surface area (Å²) in [5.41, 5.74) is 1.95. The largest absolute Gasteiger partial charge is 0.388 e. The van der Waals surface area contributed by atoms with Gasteiger partial charge >= 0.3 is 0 Å². The van der Waals surface area contributed by atoms with Gasteiger partial charge in [0.25, 0.3) is 5.91 Å². The zero-order chi connectivity index (χ0) is 23.7. The molecule has 3 aromatic rings. The van der Waals surface area contributed by atoms with Gasteiger partial charge in [-0.05, 0) is 66.5 Å². The first-order chi connectivity index (χ1) is 16.4. The monoisotopic (exact) mass is 459 g/mol. The fraction of sp³-hybridized carbons (Fsp3) is 0.222. The molecule has 2 heterocycles. The van der Waals surface area contributed by atoms with Crippen LogP contribution in [0.25, 0.3) is 5.57 Å². The summed E-state index contributed by atoms with van der Waals surface area (Å²) in [4.78, 5) is 22.1. The Bertz CT molecular complexity index is 1280. The van der Waals surface area contributed by atoms with E-state index in [0.717, 1.165) is 16.8 Å². The van der Waals surface area contributed by atoms with Gasteiger partial charge < -0.3 is 10.4 Å². The third-order valence-electron chi connectivity index (χ3n) is 6.32. The molecule has 0 saturated heterocycles. The van der Waals surface area contributed by atoms with E-state index in [2.05, 4.69) is 15.3 Å². The highest BCUT2D eigenvalue weighted by molar-refractivity contribution is 6.19. The van der Waals surface area contributed by atoms with Crippen molar-refractivity contribution in [1.29, 1.82) is 0 Å². The fourth-order valence-electron chi connectivity index (χ4n) is 4.21. The second kappa shape index (κ2) is 8.91. The first-order valence-corrected chi connectivity index (χ1v) is 11.2. The number of allylic oxidation sites excluding steroid dienone is 1. The van der Waals surface area contributed by atoms with Gasteiger partial charge in [0.15, 0.2) is 0 Å². The Hall–Kier alpha value is -3.71. The lowest BCUT2D eigenvalue weighted by Crippen LogP contribution is -2.46. The summed E-state index contributed by atoms with van der Waals surface area (Å²) >= 11 is 0. The maximum Gasteiger partial charge on any atom is 0.252 e. The van der Waals surface area contributed by atoms with E-state index in [1.165, 1.54) is 24.3 Å². The Kier molecular flexibility index (Phi) is 5.79. The van der Waals surface area contributed by atoms with Crippen molar-refractivity contribution in [2.24, 2.45) is 4.99 Å². The van der Waals surface area contributed by atoms with E-state index < -0.39 is 23.4 Å². The molecule has 1 aromatic heterocycles. The Morgan fingerprint density at radius 1 is 1.06 bits per heavy atom. The summed E-state index contributed by atoms with van der Waals surface area (Å²) in [6.07, 6.45) is 4.92. The lowest BCUT2D eigenvalue weighted by atomic mass is 9.97. The average Bonchev–Trinajstić information content (AvgIpc) is 3.41. The molecule has 172 valence electrons. The number of pyridine rings is 1. The van der Waals surface area contributed by atoms with E-state index in [1.54, 1.807) is 36.5 Å². The van der Waals surface area contributed by atoms with Crippen molar-refractivity contribution in [3.05, 3.63) is 107 Å². The standard InChI is InChI=1S/C27H23F2N3O2/c28-19-9-7-17(8-10-19)18-14-23(31-16-18)25-21(5-3-6-22(25)29)26(33)32-24(27(34)11-12-27)15-20-4-1-2-13-30-20/h1-10,13-14,24,34H,11-12,15-16H2,(H,32,33)/t24-/m0/s1. The predicted octanol–water partition coefficient (Wildman–Crippen LogP) is 4.11. The first kappa shape index (κ1) is 22.1. The van der Waals surface area contributed by atoms with Gasteiger partial charge in [-0.15, -0.1) is 0 Å². The predicted molar refractivity (Wildman–Crippen MR) is 126 cm³/mol. The molecule has 0 unspecified atom stereocenters. The molecule has 1 saturated carbocycles. The van der Waals surface area contributed by atoms with Gasteiger partial charge in [0.2, 0.25) is 0 Å². The molecule has 34 heavy (non-hydrogen) atoms. The molecule has 1 aliphatic carbocycles. The Labute approximate surface area is 195 Å². The number of benzene rings is 2. The van der Waals surface area contributed by atoms with E-state index >= 15 is 0 Å². The molecule has 1 fully saturated rings. The summed E-state index contributed by atoms with van der Waals surface area (Å²) in [6, 6.07) is 15.3. The van der Waals surface area contributed by atoms with E-state index in [9.17, 15) is 18.7 Å².